The third kappa shape index (κ3) is 3.11. The Kier molecular flexibility index (Phi) is 4.37. The van der Waals surface area contributed by atoms with Gasteiger partial charge in [-0.25, -0.2) is 17.1 Å². The van der Waals surface area contributed by atoms with E-state index in [0.717, 1.165) is 11.2 Å². The quantitative estimate of drug-likeness (QED) is 0.853. The van der Waals surface area contributed by atoms with E-state index in [1.165, 1.54) is 24.3 Å². The first kappa shape index (κ1) is 15.2. The van der Waals surface area contributed by atoms with Crippen LogP contribution in [-0.4, -0.2) is 19.7 Å². The Morgan fingerprint density at radius 1 is 0.952 bits per heavy atom. The lowest BCUT2D eigenvalue weighted by molar-refractivity contribution is -0.119. The van der Waals surface area contributed by atoms with Gasteiger partial charge in [0.25, 0.3) is 15.5 Å². The minimum atomic E-state index is -4.49. The van der Waals surface area contributed by atoms with E-state index in [9.17, 15) is 17.6 Å². The Hall–Kier alpha value is -2.21. The molecule has 0 saturated carbocycles. The number of ketones is 1. The molecule has 0 aliphatic carbocycles. The van der Waals surface area contributed by atoms with Gasteiger partial charge in [-0.1, -0.05) is 36.4 Å². The van der Waals surface area contributed by atoms with Crippen LogP contribution in [0.4, 0.5) is 15.8 Å². The van der Waals surface area contributed by atoms with E-state index in [1.54, 1.807) is 36.4 Å². The number of sulfonamides is 1. The molecular weight excluding hydrogens is 293 g/mol. The fraction of sp³-hybridized carbons (Fsp3) is 0.133. The van der Waals surface area contributed by atoms with Crippen molar-refractivity contribution in [1.82, 2.24) is 0 Å². The molecule has 1 atom stereocenters. The normalized spacial score (nSPS) is 12.7. The maximum atomic E-state index is 13.9. The molecule has 0 amide bonds. The van der Waals surface area contributed by atoms with Crippen molar-refractivity contribution in [2.75, 3.05) is 4.31 Å². The summed E-state index contributed by atoms with van der Waals surface area (Å²) in [5.74, 6) is -1.05. The highest BCUT2D eigenvalue weighted by Crippen LogP contribution is 2.30. The minimum Gasteiger partial charge on any atom is -0.295 e. The summed E-state index contributed by atoms with van der Waals surface area (Å²) in [5, 5.41) is 0. The lowest BCUT2D eigenvalue weighted by atomic mass is 10.3. The van der Waals surface area contributed by atoms with Crippen LogP contribution < -0.4 is 4.31 Å². The molecule has 110 valence electrons. The zero-order valence-corrected chi connectivity index (χ0v) is 12.1. The van der Waals surface area contributed by atoms with Crippen molar-refractivity contribution < 1.29 is 17.6 Å². The van der Waals surface area contributed by atoms with Gasteiger partial charge < -0.3 is 0 Å². The number of carbonyl (C=O) groups is 1. The smallest absolute Gasteiger partial charge is 0.279 e. The Balaban J connectivity index is 2.60. The summed E-state index contributed by atoms with van der Waals surface area (Å²) < 4.78 is 39.6. The van der Waals surface area contributed by atoms with Gasteiger partial charge >= 0.3 is 0 Å². The van der Waals surface area contributed by atoms with Crippen molar-refractivity contribution in [3.63, 3.8) is 0 Å². The summed E-state index contributed by atoms with van der Waals surface area (Å²) in [7, 11) is -4.49. The highest BCUT2D eigenvalue weighted by Gasteiger charge is 2.36. The number of Topliss-reactive ketones (excluding diaryl/α,β-unsaturated/α-hetero) is 1. The molecular formula is C15H14FNO3S. The van der Waals surface area contributed by atoms with E-state index in [2.05, 4.69) is 0 Å². The van der Waals surface area contributed by atoms with Gasteiger partial charge in [0.1, 0.15) is 0 Å². The minimum absolute atomic E-state index is 0.271. The number of alkyl halides is 1. The first-order valence-corrected chi connectivity index (χ1v) is 7.73. The molecule has 4 nitrogen and oxygen atoms in total. The van der Waals surface area contributed by atoms with Gasteiger partial charge in [0.05, 0.1) is 11.4 Å². The van der Waals surface area contributed by atoms with E-state index < -0.39 is 21.3 Å². The molecule has 0 N–H and O–H groups in total. The molecule has 0 aliphatic rings. The number of benzene rings is 2. The van der Waals surface area contributed by atoms with Crippen LogP contribution in [0.25, 0.3) is 0 Å². The largest absolute Gasteiger partial charge is 0.295 e. The average molecular weight is 307 g/mol. The summed E-state index contributed by atoms with van der Waals surface area (Å²) >= 11 is 0. The molecule has 0 saturated heterocycles. The van der Waals surface area contributed by atoms with Crippen molar-refractivity contribution in [2.45, 2.75) is 12.4 Å². The first-order chi connectivity index (χ1) is 9.94. The van der Waals surface area contributed by atoms with Gasteiger partial charge in [-0.2, -0.15) is 0 Å². The van der Waals surface area contributed by atoms with E-state index in [1.807, 2.05) is 0 Å². The van der Waals surface area contributed by atoms with Gasteiger partial charge in [-0.15, -0.1) is 0 Å². The Labute approximate surface area is 122 Å². The van der Waals surface area contributed by atoms with Crippen LogP contribution in [-0.2, 0) is 14.8 Å². The van der Waals surface area contributed by atoms with Crippen molar-refractivity contribution in [3.8, 4) is 0 Å². The number of hydrogen-bond acceptors (Lipinski definition) is 3. The average Bonchev–Trinajstić information content (AvgIpc) is 2.48. The molecule has 6 heteroatoms. The number of para-hydroxylation sites is 2. The summed E-state index contributed by atoms with van der Waals surface area (Å²) in [5.41, 5.74) is -2.06. The van der Waals surface area contributed by atoms with Crippen LogP contribution in [0, 0.1) is 0 Å². The Morgan fingerprint density at radius 2 is 1.33 bits per heavy atom. The highest BCUT2D eigenvalue weighted by atomic mass is 32.2. The van der Waals surface area contributed by atoms with E-state index in [4.69, 9.17) is 0 Å². The number of carbonyl (C=O) groups excluding carboxylic acids is 1. The second-order valence-corrected chi connectivity index (χ2v) is 6.22. The lowest BCUT2D eigenvalue weighted by Gasteiger charge is -2.25. The Bertz CT molecular complexity index is 678. The van der Waals surface area contributed by atoms with E-state index >= 15 is 0 Å². The molecule has 0 radical (unpaired) electrons. The fourth-order valence-corrected chi connectivity index (χ4v) is 3.31. The van der Waals surface area contributed by atoms with E-state index in [0.29, 0.717) is 0 Å². The maximum absolute atomic E-state index is 13.9. The molecule has 0 aromatic heterocycles. The number of rotatable bonds is 5. The molecule has 1 unspecified atom stereocenters. The second kappa shape index (κ2) is 6.05. The molecule has 2 aromatic carbocycles. The number of anilines is 2. The molecule has 0 fully saturated rings. The fourth-order valence-electron chi connectivity index (χ4n) is 1.87. The van der Waals surface area contributed by atoms with Gasteiger partial charge in [-0.3, -0.25) is 4.79 Å². The van der Waals surface area contributed by atoms with Crippen molar-refractivity contribution in [1.29, 1.82) is 0 Å². The van der Waals surface area contributed by atoms with Crippen LogP contribution in [0.5, 0.6) is 0 Å². The highest BCUT2D eigenvalue weighted by molar-refractivity contribution is 7.94. The summed E-state index contributed by atoms with van der Waals surface area (Å²) in [4.78, 5) is 11.2. The number of nitrogens with zero attached hydrogens (tertiary/aromatic N) is 1. The van der Waals surface area contributed by atoms with Gasteiger partial charge in [0, 0.05) is 0 Å². The van der Waals surface area contributed by atoms with Gasteiger partial charge in [0.2, 0.25) is 0 Å². The monoisotopic (exact) mass is 307 g/mol. The van der Waals surface area contributed by atoms with Crippen LogP contribution in [0.15, 0.2) is 60.7 Å². The topological polar surface area (TPSA) is 54.5 Å². The van der Waals surface area contributed by atoms with E-state index in [-0.39, 0.29) is 11.4 Å². The SMILES string of the molecule is CC(=O)C(F)S(=O)(=O)N(c1ccccc1)c1ccccc1. The van der Waals surface area contributed by atoms with Gasteiger partial charge in [-0.05, 0) is 31.2 Å². The molecule has 0 aliphatic heterocycles. The zero-order valence-electron chi connectivity index (χ0n) is 11.3. The van der Waals surface area contributed by atoms with Crippen LogP contribution in [0.3, 0.4) is 0 Å². The predicted octanol–water partition coefficient (Wildman–Crippen LogP) is 3.04. The summed E-state index contributed by atoms with van der Waals surface area (Å²) in [6, 6.07) is 16.2. The molecule has 0 heterocycles. The van der Waals surface area contributed by atoms with Crippen molar-refractivity contribution in [2.24, 2.45) is 0 Å². The molecule has 21 heavy (non-hydrogen) atoms. The maximum Gasteiger partial charge on any atom is 0.279 e. The van der Waals surface area contributed by atoms with Crippen molar-refractivity contribution in [3.05, 3.63) is 60.7 Å². The van der Waals surface area contributed by atoms with Gasteiger partial charge in [0.15, 0.2) is 5.78 Å². The molecule has 2 rings (SSSR count). The van der Waals surface area contributed by atoms with Crippen LogP contribution >= 0.6 is 0 Å². The van der Waals surface area contributed by atoms with Crippen molar-refractivity contribution >= 4 is 27.2 Å². The first-order valence-electron chi connectivity index (χ1n) is 6.23. The number of halogens is 1. The second-order valence-electron chi connectivity index (χ2n) is 4.41. The lowest BCUT2D eigenvalue weighted by Crippen LogP contribution is -2.37. The molecule has 2 aromatic rings. The predicted molar refractivity (Wildman–Crippen MR) is 79.5 cm³/mol. The molecule has 0 spiro atoms. The standard InChI is InChI=1S/C15H14FNO3S/c1-12(18)15(16)21(19,20)17(13-8-4-2-5-9-13)14-10-6-3-7-11-14/h2-11,15H,1H3. The summed E-state index contributed by atoms with van der Waals surface area (Å²) in [6.45, 7) is 0.913. The Morgan fingerprint density at radius 3 is 1.67 bits per heavy atom. The zero-order chi connectivity index (χ0) is 15.5. The third-order valence-corrected chi connectivity index (χ3v) is 4.60. The number of hydrogen-bond donors (Lipinski definition) is 0. The third-order valence-electron chi connectivity index (χ3n) is 2.82. The van der Waals surface area contributed by atoms with Crippen LogP contribution in [0.2, 0.25) is 0 Å². The molecule has 0 bridgehead atoms. The van der Waals surface area contributed by atoms with Crippen LogP contribution in [0.1, 0.15) is 6.92 Å². The summed E-state index contributed by atoms with van der Waals surface area (Å²) in [6.07, 6.45) is 0.